The van der Waals surface area contributed by atoms with Gasteiger partial charge in [-0.2, -0.15) is 0 Å². The Bertz CT molecular complexity index is 4330. The summed E-state index contributed by atoms with van der Waals surface area (Å²) in [6, 6.07) is 96.3. The fraction of sp³-hybridized carbons (Fsp3) is 0.0294. The molecule has 0 amide bonds. The Hall–Kier alpha value is -8.76. The SMILES string of the molecule is c1ccc(C2(c3ccccc3)c3ccccc3-c3ccc(N(c4ccc5c(c4)C4(c6ccccc6-5)c5ccccc5-n5c6ccccc6c6cccc4c65)c4ccc5sc6ccccc6c5c4)cc32)cc1. The van der Waals surface area contributed by atoms with Gasteiger partial charge >= 0.3 is 0 Å². The number of fused-ring (bicyclic) bond motifs is 18. The molecule has 1 unspecified atom stereocenters. The summed E-state index contributed by atoms with van der Waals surface area (Å²) in [5, 5.41) is 5.12. The van der Waals surface area contributed by atoms with Crippen LogP contribution in [0.2, 0.25) is 0 Å². The summed E-state index contributed by atoms with van der Waals surface area (Å²) >= 11 is 1.87. The molecule has 3 aliphatic rings. The standard InChI is InChI=1S/C68H42N2S/c1-3-18-43(19-4-1)67(44-20-5-2-6-21-44)56-27-11-7-22-48(56)50-37-34-46(41-60(50)67)69(45-36-39-65-55(40-45)53-25-10-16-33-64(53)71-65)47-35-38-51-49-23-8-12-28-57(49)68(61(51)42-47)58-29-13-15-32-63(58)70-62-31-14-9-24-52(62)54-26-17-30-59(68)66(54)70/h1-42H. The second kappa shape index (κ2) is 14.4. The lowest BCUT2D eigenvalue weighted by molar-refractivity contribution is 0.748. The van der Waals surface area contributed by atoms with E-state index in [4.69, 9.17) is 0 Å². The molecular weight excluding hydrogens is 877 g/mol. The van der Waals surface area contributed by atoms with Gasteiger partial charge in [0.2, 0.25) is 0 Å². The highest BCUT2D eigenvalue weighted by Crippen LogP contribution is 2.63. The summed E-state index contributed by atoms with van der Waals surface area (Å²) in [5.74, 6) is 0. The van der Waals surface area contributed by atoms with Crippen molar-refractivity contribution in [3.63, 3.8) is 0 Å². The molecule has 0 N–H and O–H groups in total. The van der Waals surface area contributed by atoms with Crippen molar-refractivity contribution in [2.45, 2.75) is 10.8 Å². The van der Waals surface area contributed by atoms with Gasteiger partial charge in [-0.25, -0.2) is 0 Å². The molecule has 1 spiro atoms. The quantitative estimate of drug-likeness (QED) is 0.167. The molecule has 13 aromatic rings. The van der Waals surface area contributed by atoms with Crippen LogP contribution in [0.3, 0.4) is 0 Å². The molecule has 2 nitrogen and oxygen atoms in total. The van der Waals surface area contributed by atoms with Crippen LogP contribution in [-0.2, 0) is 10.8 Å². The minimum Gasteiger partial charge on any atom is -0.310 e. The molecule has 71 heavy (non-hydrogen) atoms. The molecule has 0 saturated carbocycles. The maximum atomic E-state index is 2.54. The highest BCUT2D eigenvalue weighted by atomic mass is 32.1. The van der Waals surface area contributed by atoms with Gasteiger partial charge in [0.05, 0.1) is 27.6 Å². The van der Waals surface area contributed by atoms with Crippen molar-refractivity contribution in [1.82, 2.24) is 4.57 Å². The van der Waals surface area contributed by atoms with E-state index in [0.717, 1.165) is 17.1 Å². The number of aromatic nitrogens is 1. The first-order valence-corrected chi connectivity index (χ1v) is 25.5. The topological polar surface area (TPSA) is 8.17 Å². The van der Waals surface area contributed by atoms with Gasteiger partial charge in [-0.3, -0.25) is 0 Å². The first-order valence-electron chi connectivity index (χ1n) is 24.7. The van der Waals surface area contributed by atoms with Gasteiger partial charge in [0.15, 0.2) is 0 Å². The number of anilines is 3. The Morgan fingerprint density at radius 3 is 1.52 bits per heavy atom. The number of hydrogen-bond acceptors (Lipinski definition) is 2. The van der Waals surface area contributed by atoms with Crippen molar-refractivity contribution in [2.24, 2.45) is 0 Å². The minimum atomic E-state index is -0.586. The average Bonchev–Trinajstić information content (AvgIpc) is 4.16. The van der Waals surface area contributed by atoms with E-state index in [2.05, 4.69) is 264 Å². The van der Waals surface area contributed by atoms with Crippen LogP contribution in [-0.4, -0.2) is 4.57 Å². The second-order valence-electron chi connectivity index (χ2n) is 19.5. The molecule has 2 aromatic heterocycles. The van der Waals surface area contributed by atoms with Crippen molar-refractivity contribution in [3.8, 4) is 27.9 Å². The van der Waals surface area contributed by atoms with E-state index in [-0.39, 0.29) is 0 Å². The number of thiophene rings is 1. The van der Waals surface area contributed by atoms with Crippen LogP contribution in [0, 0.1) is 0 Å². The molecule has 1 aliphatic heterocycles. The monoisotopic (exact) mass is 918 g/mol. The zero-order chi connectivity index (χ0) is 46.4. The van der Waals surface area contributed by atoms with Crippen molar-refractivity contribution >= 4 is 70.4 Å². The number of para-hydroxylation sites is 3. The third kappa shape index (κ3) is 5.00. The van der Waals surface area contributed by atoms with Crippen LogP contribution < -0.4 is 4.90 Å². The summed E-state index contributed by atoms with van der Waals surface area (Å²) < 4.78 is 5.13. The lowest BCUT2D eigenvalue weighted by atomic mass is 9.65. The minimum absolute atomic E-state index is 0.545. The van der Waals surface area contributed by atoms with E-state index in [1.807, 2.05) is 11.3 Å². The predicted molar refractivity (Wildman–Crippen MR) is 297 cm³/mol. The van der Waals surface area contributed by atoms with Crippen LogP contribution in [0.5, 0.6) is 0 Å². The highest BCUT2D eigenvalue weighted by molar-refractivity contribution is 7.25. The average molecular weight is 919 g/mol. The first-order chi connectivity index (χ1) is 35.2. The largest absolute Gasteiger partial charge is 0.310 e. The number of rotatable bonds is 5. The lowest BCUT2D eigenvalue weighted by Gasteiger charge is -2.40. The van der Waals surface area contributed by atoms with Gasteiger partial charge in [-0.1, -0.05) is 194 Å². The van der Waals surface area contributed by atoms with Gasteiger partial charge in [-0.15, -0.1) is 11.3 Å². The first kappa shape index (κ1) is 39.1. The Labute approximate surface area is 415 Å². The summed E-state index contributed by atoms with van der Waals surface area (Å²) in [4.78, 5) is 2.54. The summed E-state index contributed by atoms with van der Waals surface area (Å²) in [6.07, 6.45) is 0. The summed E-state index contributed by atoms with van der Waals surface area (Å²) in [6.45, 7) is 0. The molecule has 3 heterocycles. The van der Waals surface area contributed by atoms with Gasteiger partial charge in [0, 0.05) is 48.0 Å². The van der Waals surface area contributed by atoms with Crippen LogP contribution in [0.1, 0.15) is 44.5 Å². The lowest BCUT2D eigenvalue weighted by Crippen LogP contribution is -2.33. The third-order valence-corrected chi connectivity index (χ3v) is 17.4. The predicted octanol–water partition coefficient (Wildman–Crippen LogP) is 17.7. The van der Waals surface area contributed by atoms with Crippen LogP contribution in [0.25, 0.3) is 69.9 Å². The van der Waals surface area contributed by atoms with Gasteiger partial charge in [0.1, 0.15) is 0 Å². The van der Waals surface area contributed by atoms with E-state index >= 15 is 0 Å². The Morgan fingerprint density at radius 2 is 0.803 bits per heavy atom. The molecule has 330 valence electrons. The molecule has 0 radical (unpaired) electrons. The van der Waals surface area contributed by atoms with E-state index in [1.54, 1.807) is 0 Å². The van der Waals surface area contributed by atoms with Crippen molar-refractivity contribution in [2.75, 3.05) is 4.90 Å². The molecule has 0 fully saturated rings. The fourth-order valence-corrected chi connectivity index (χ4v) is 14.6. The summed E-state index contributed by atoms with van der Waals surface area (Å²) in [7, 11) is 0. The summed E-state index contributed by atoms with van der Waals surface area (Å²) in [5.41, 5.74) is 21.4. The van der Waals surface area contributed by atoms with Crippen LogP contribution in [0.15, 0.2) is 255 Å². The normalized spacial score (nSPS) is 15.5. The zero-order valence-corrected chi connectivity index (χ0v) is 39.4. The maximum absolute atomic E-state index is 2.54. The molecule has 2 aliphatic carbocycles. The van der Waals surface area contributed by atoms with Crippen molar-refractivity contribution < 1.29 is 0 Å². The molecular formula is C68H42N2S. The van der Waals surface area contributed by atoms with Crippen LogP contribution >= 0.6 is 11.3 Å². The fourth-order valence-electron chi connectivity index (χ4n) is 13.6. The van der Waals surface area contributed by atoms with E-state index in [9.17, 15) is 0 Å². The second-order valence-corrected chi connectivity index (χ2v) is 20.6. The number of hydrogen-bond donors (Lipinski definition) is 0. The van der Waals surface area contributed by atoms with Gasteiger partial charge in [-0.05, 0) is 127 Å². The third-order valence-electron chi connectivity index (χ3n) is 16.3. The van der Waals surface area contributed by atoms with Gasteiger partial charge in [0.25, 0.3) is 0 Å². The smallest absolute Gasteiger partial charge is 0.0755 e. The van der Waals surface area contributed by atoms with Gasteiger partial charge < -0.3 is 9.47 Å². The maximum Gasteiger partial charge on any atom is 0.0755 e. The molecule has 0 bridgehead atoms. The number of benzene rings is 11. The molecule has 11 aromatic carbocycles. The Balaban J connectivity index is 1.00. The molecule has 3 heteroatoms. The highest BCUT2D eigenvalue weighted by Gasteiger charge is 2.51. The van der Waals surface area contributed by atoms with Crippen LogP contribution in [0.4, 0.5) is 17.1 Å². The molecule has 1 atom stereocenters. The van der Waals surface area contributed by atoms with Crippen molar-refractivity contribution in [1.29, 1.82) is 0 Å². The molecule has 0 saturated heterocycles. The Morgan fingerprint density at radius 1 is 0.310 bits per heavy atom. The van der Waals surface area contributed by atoms with E-state index < -0.39 is 10.8 Å². The number of nitrogens with zero attached hydrogens (tertiary/aromatic N) is 2. The van der Waals surface area contributed by atoms with E-state index in [1.165, 1.54) is 114 Å². The van der Waals surface area contributed by atoms with Crippen molar-refractivity contribution in [3.05, 3.63) is 299 Å². The Kier molecular flexibility index (Phi) is 7.93. The molecule has 16 rings (SSSR count). The van der Waals surface area contributed by atoms with E-state index in [0.29, 0.717) is 0 Å². The zero-order valence-electron chi connectivity index (χ0n) is 38.6.